The van der Waals surface area contributed by atoms with E-state index in [4.69, 9.17) is 10.8 Å². The third kappa shape index (κ3) is 4.02. The minimum atomic E-state index is -4.47. The van der Waals surface area contributed by atoms with Crippen LogP contribution in [0.2, 0.25) is 0 Å². The van der Waals surface area contributed by atoms with Crippen LogP contribution in [0.25, 0.3) is 0 Å². The van der Waals surface area contributed by atoms with E-state index in [9.17, 15) is 13.2 Å². The van der Waals surface area contributed by atoms with E-state index in [-0.39, 0.29) is 18.0 Å². The molecular formula is C13H19F3N2O. The zero-order valence-electron chi connectivity index (χ0n) is 11.0. The fourth-order valence-corrected chi connectivity index (χ4v) is 1.80. The minimum Gasteiger partial charge on any atom is -0.399 e. The molecule has 0 heterocycles. The molecule has 1 unspecified atom stereocenters. The number of hydrogen-bond donors (Lipinski definition) is 3. The first kappa shape index (κ1) is 15.6. The van der Waals surface area contributed by atoms with Crippen molar-refractivity contribution >= 4 is 11.4 Å². The van der Waals surface area contributed by atoms with Crippen LogP contribution in [0.3, 0.4) is 0 Å². The second-order valence-corrected chi connectivity index (χ2v) is 4.82. The van der Waals surface area contributed by atoms with Crippen LogP contribution in [-0.4, -0.2) is 17.3 Å². The monoisotopic (exact) mass is 276 g/mol. The summed E-state index contributed by atoms with van der Waals surface area (Å²) in [7, 11) is 0. The SMILES string of the molecule is CCC(C)(CCO)Nc1ccc(N)cc1C(F)(F)F. The summed E-state index contributed by atoms with van der Waals surface area (Å²) in [6.07, 6.45) is -3.51. The highest BCUT2D eigenvalue weighted by Gasteiger charge is 2.35. The van der Waals surface area contributed by atoms with Crippen molar-refractivity contribution in [3.05, 3.63) is 23.8 Å². The molecule has 0 aliphatic carbocycles. The van der Waals surface area contributed by atoms with Gasteiger partial charge in [-0.1, -0.05) is 6.92 Å². The first-order valence-electron chi connectivity index (χ1n) is 6.07. The Kier molecular flexibility index (Phi) is 4.68. The Hall–Kier alpha value is -1.43. The van der Waals surface area contributed by atoms with E-state index in [1.165, 1.54) is 12.1 Å². The molecule has 1 atom stereocenters. The van der Waals surface area contributed by atoms with Gasteiger partial charge in [-0.15, -0.1) is 0 Å². The van der Waals surface area contributed by atoms with Crippen molar-refractivity contribution in [2.45, 2.75) is 38.4 Å². The van der Waals surface area contributed by atoms with Crippen LogP contribution in [0.1, 0.15) is 32.3 Å². The van der Waals surface area contributed by atoms with Crippen molar-refractivity contribution in [1.29, 1.82) is 0 Å². The smallest absolute Gasteiger partial charge is 0.399 e. The van der Waals surface area contributed by atoms with E-state index in [1.54, 1.807) is 6.92 Å². The Labute approximate surface area is 110 Å². The van der Waals surface area contributed by atoms with Gasteiger partial charge in [-0.25, -0.2) is 0 Å². The van der Waals surface area contributed by atoms with Crippen molar-refractivity contribution in [2.75, 3.05) is 17.7 Å². The second-order valence-electron chi connectivity index (χ2n) is 4.82. The molecule has 1 aromatic rings. The molecule has 1 rings (SSSR count). The number of rotatable bonds is 5. The lowest BCUT2D eigenvalue weighted by Gasteiger charge is -2.31. The molecule has 108 valence electrons. The number of aliphatic hydroxyl groups is 1. The summed E-state index contributed by atoms with van der Waals surface area (Å²) in [4.78, 5) is 0. The van der Waals surface area contributed by atoms with Crippen molar-refractivity contribution in [3.8, 4) is 0 Å². The van der Waals surface area contributed by atoms with Crippen LogP contribution < -0.4 is 11.1 Å². The number of benzene rings is 1. The van der Waals surface area contributed by atoms with Gasteiger partial charge in [-0.3, -0.25) is 0 Å². The Balaban J connectivity index is 3.13. The van der Waals surface area contributed by atoms with Gasteiger partial charge in [0.1, 0.15) is 0 Å². The molecule has 0 spiro atoms. The van der Waals surface area contributed by atoms with Crippen molar-refractivity contribution < 1.29 is 18.3 Å². The zero-order chi connectivity index (χ0) is 14.7. The van der Waals surface area contributed by atoms with E-state index in [1.807, 2.05) is 6.92 Å². The number of nitrogen functional groups attached to an aromatic ring is 1. The van der Waals surface area contributed by atoms with Crippen LogP contribution in [0.5, 0.6) is 0 Å². The molecule has 0 saturated carbocycles. The molecule has 1 aromatic carbocycles. The predicted molar refractivity (Wildman–Crippen MR) is 69.9 cm³/mol. The number of alkyl halides is 3. The van der Waals surface area contributed by atoms with Gasteiger partial charge in [0.2, 0.25) is 0 Å². The average Bonchev–Trinajstić information content (AvgIpc) is 2.30. The number of aliphatic hydroxyl groups excluding tert-OH is 1. The number of anilines is 2. The average molecular weight is 276 g/mol. The number of hydrogen-bond acceptors (Lipinski definition) is 3. The summed E-state index contributed by atoms with van der Waals surface area (Å²) >= 11 is 0. The maximum absolute atomic E-state index is 12.9. The second kappa shape index (κ2) is 5.69. The van der Waals surface area contributed by atoms with Gasteiger partial charge in [0.05, 0.1) is 5.56 Å². The van der Waals surface area contributed by atoms with E-state index < -0.39 is 17.3 Å². The van der Waals surface area contributed by atoms with Gasteiger partial charge in [0.15, 0.2) is 0 Å². The maximum atomic E-state index is 12.9. The Morgan fingerprint density at radius 2 is 1.95 bits per heavy atom. The van der Waals surface area contributed by atoms with Crippen molar-refractivity contribution in [1.82, 2.24) is 0 Å². The molecule has 0 bridgehead atoms. The molecule has 3 nitrogen and oxygen atoms in total. The largest absolute Gasteiger partial charge is 0.418 e. The number of nitrogens with two attached hydrogens (primary N) is 1. The van der Waals surface area contributed by atoms with E-state index in [0.29, 0.717) is 12.8 Å². The lowest BCUT2D eigenvalue weighted by atomic mass is 9.94. The Bertz CT molecular complexity index is 434. The topological polar surface area (TPSA) is 58.3 Å². The summed E-state index contributed by atoms with van der Waals surface area (Å²) in [5.74, 6) is 0. The normalized spacial score (nSPS) is 15.1. The molecule has 19 heavy (non-hydrogen) atoms. The fraction of sp³-hybridized carbons (Fsp3) is 0.538. The van der Waals surface area contributed by atoms with Gasteiger partial charge in [0.25, 0.3) is 0 Å². The van der Waals surface area contributed by atoms with Gasteiger partial charge >= 0.3 is 6.18 Å². The van der Waals surface area contributed by atoms with Gasteiger partial charge in [0, 0.05) is 23.5 Å². The van der Waals surface area contributed by atoms with Crippen molar-refractivity contribution in [2.24, 2.45) is 0 Å². The molecular weight excluding hydrogens is 257 g/mol. The van der Waals surface area contributed by atoms with E-state index in [0.717, 1.165) is 6.07 Å². The molecule has 0 aliphatic rings. The lowest BCUT2D eigenvalue weighted by Crippen LogP contribution is -2.35. The summed E-state index contributed by atoms with van der Waals surface area (Å²) in [5.41, 5.74) is 4.09. The molecule has 0 aliphatic heterocycles. The molecule has 0 aromatic heterocycles. The van der Waals surface area contributed by atoms with Gasteiger partial charge in [-0.05, 0) is 38.0 Å². The highest BCUT2D eigenvalue weighted by atomic mass is 19.4. The molecule has 0 saturated heterocycles. The quantitative estimate of drug-likeness (QED) is 0.723. The lowest BCUT2D eigenvalue weighted by molar-refractivity contribution is -0.136. The fourth-order valence-electron chi connectivity index (χ4n) is 1.80. The number of nitrogens with one attached hydrogen (secondary N) is 1. The predicted octanol–water partition coefficient (Wildman–Crippen LogP) is 3.25. The summed E-state index contributed by atoms with van der Waals surface area (Å²) < 4.78 is 38.8. The molecule has 0 amide bonds. The molecule has 0 radical (unpaired) electrons. The van der Waals surface area contributed by atoms with Crippen LogP contribution >= 0.6 is 0 Å². The number of halogens is 3. The first-order chi connectivity index (χ1) is 8.72. The third-order valence-electron chi connectivity index (χ3n) is 3.23. The van der Waals surface area contributed by atoms with Crippen LogP contribution in [0.4, 0.5) is 24.5 Å². The third-order valence-corrected chi connectivity index (χ3v) is 3.23. The molecule has 0 fully saturated rings. The van der Waals surface area contributed by atoms with Crippen LogP contribution in [-0.2, 0) is 6.18 Å². The van der Waals surface area contributed by atoms with E-state index >= 15 is 0 Å². The van der Waals surface area contributed by atoms with E-state index in [2.05, 4.69) is 5.32 Å². The Morgan fingerprint density at radius 3 is 2.42 bits per heavy atom. The summed E-state index contributed by atoms with van der Waals surface area (Å²) in [6.45, 7) is 3.54. The summed E-state index contributed by atoms with van der Waals surface area (Å²) in [6, 6.07) is 3.66. The highest BCUT2D eigenvalue weighted by molar-refractivity contribution is 5.60. The Morgan fingerprint density at radius 1 is 1.32 bits per heavy atom. The maximum Gasteiger partial charge on any atom is 0.418 e. The highest BCUT2D eigenvalue weighted by Crippen LogP contribution is 2.37. The van der Waals surface area contributed by atoms with Crippen LogP contribution in [0.15, 0.2) is 18.2 Å². The summed E-state index contributed by atoms with van der Waals surface area (Å²) in [5, 5.41) is 11.9. The molecule has 6 heteroatoms. The molecule has 4 N–H and O–H groups in total. The first-order valence-corrected chi connectivity index (χ1v) is 6.07. The minimum absolute atomic E-state index is 0.0144. The standard InChI is InChI=1S/C13H19F3N2O/c1-3-12(2,6-7-19)18-11-5-4-9(17)8-10(11)13(14,15)16/h4-5,8,18-19H,3,6-7,17H2,1-2H3. The van der Waals surface area contributed by atoms with Crippen LogP contribution in [0, 0.1) is 0 Å². The van der Waals surface area contributed by atoms with Gasteiger partial charge < -0.3 is 16.2 Å². The van der Waals surface area contributed by atoms with Gasteiger partial charge in [-0.2, -0.15) is 13.2 Å². The zero-order valence-corrected chi connectivity index (χ0v) is 11.0. The van der Waals surface area contributed by atoms with Crippen molar-refractivity contribution in [3.63, 3.8) is 0 Å².